The largest absolute Gasteiger partial charge is 0.357 e. The zero-order valence-electron chi connectivity index (χ0n) is 12.3. The normalized spacial score (nSPS) is 14.3. The van der Waals surface area contributed by atoms with Gasteiger partial charge in [0.15, 0.2) is 0 Å². The minimum atomic E-state index is -0.161. The van der Waals surface area contributed by atoms with E-state index in [0.29, 0.717) is 23.1 Å². The quantitative estimate of drug-likeness (QED) is 0.734. The number of nitrogens with one attached hydrogen (secondary N) is 1. The highest BCUT2D eigenvalue weighted by molar-refractivity contribution is 6.45. The molecule has 3 heterocycles. The highest BCUT2D eigenvalue weighted by Gasteiger charge is 2.27. The van der Waals surface area contributed by atoms with Crippen molar-refractivity contribution in [3.63, 3.8) is 0 Å². The molecule has 0 bridgehead atoms. The number of carbonyl (C=O) groups is 1. The summed E-state index contributed by atoms with van der Waals surface area (Å²) in [6.45, 7) is 1.12. The van der Waals surface area contributed by atoms with Gasteiger partial charge < -0.3 is 9.88 Å². The third-order valence-corrected chi connectivity index (χ3v) is 4.92. The fourth-order valence-corrected chi connectivity index (χ4v) is 3.35. The number of aryl methyl sites for hydroxylation is 1. The third kappa shape index (κ3) is 2.29. The zero-order valence-corrected chi connectivity index (χ0v) is 13.8. The molecule has 4 rings (SSSR count). The van der Waals surface area contributed by atoms with Crippen LogP contribution in [0, 0.1) is 0 Å². The van der Waals surface area contributed by atoms with Crippen LogP contribution in [0.2, 0.25) is 10.0 Å². The number of aromatic amines is 1. The number of aromatic nitrogens is 4. The monoisotopic (exact) mass is 349 g/mol. The zero-order chi connectivity index (χ0) is 16.1. The van der Waals surface area contributed by atoms with E-state index in [1.807, 2.05) is 6.07 Å². The van der Waals surface area contributed by atoms with Crippen LogP contribution in [0.25, 0.3) is 10.9 Å². The summed E-state index contributed by atoms with van der Waals surface area (Å²) in [5.74, 6) is 0.0579. The van der Waals surface area contributed by atoms with Crippen molar-refractivity contribution >= 4 is 40.0 Å². The SMILES string of the molecule is Cn1cnc(C(=O)N2CCc3[nH]c4c(Cl)c(Cl)ccc4c3C2)n1. The van der Waals surface area contributed by atoms with Crippen LogP contribution in [-0.2, 0) is 20.0 Å². The molecule has 6 nitrogen and oxygen atoms in total. The van der Waals surface area contributed by atoms with Gasteiger partial charge in [0.1, 0.15) is 6.33 Å². The van der Waals surface area contributed by atoms with E-state index < -0.39 is 0 Å². The first-order valence-electron chi connectivity index (χ1n) is 7.17. The molecular formula is C15H13Cl2N5O. The topological polar surface area (TPSA) is 66.8 Å². The summed E-state index contributed by atoms with van der Waals surface area (Å²) >= 11 is 12.4. The van der Waals surface area contributed by atoms with Gasteiger partial charge in [-0.15, -0.1) is 5.10 Å². The van der Waals surface area contributed by atoms with Crippen LogP contribution in [0.4, 0.5) is 0 Å². The number of nitrogens with zero attached hydrogens (tertiary/aromatic N) is 4. The van der Waals surface area contributed by atoms with E-state index in [0.717, 1.165) is 28.6 Å². The standard InChI is InChI=1S/C15H13Cl2N5O/c1-21-7-18-14(20-21)15(23)22-5-4-11-9(6-22)8-2-3-10(16)12(17)13(8)19-11/h2-3,7,19H,4-6H2,1H3. The van der Waals surface area contributed by atoms with Gasteiger partial charge in [0.05, 0.1) is 15.6 Å². The van der Waals surface area contributed by atoms with Gasteiger partial charge in [0, 0.05) is 43.2 Å². The molecule has 0 aliphatic carbocycles. The molecule has 0 spiro atoms. The van der Waals surface area contributed by atoms with Crippen LogP contribution < -0.4 is 0 Å². The molecule has 1 amide bonds. The predicted octanol–water partition coefficient (Wildman–Crippen LogP) is 2.80. The lowest BCUT2D eigenvalue weighted by Crippen LogP contribution is -2.36. The highest BCUT2D eigenvalue weighted by Crippen LogP contribution is 2.35. The van der Waals surface area contributed by atoms with Crippen molar-refractivity contribution < 1.29 is 4.79 Å². The Morgan fingerprint density at radius 3 is 2.91 bits per heavy atom. The Morgan fingerprint density at radius 2 is 2.17 bits per heavy atom. The number of halogens is 2. The van der Waals surface area contributed by atoms with Crippen LogP contribution >= 0.6 is 23.2 Å². The molecule has 0 saturated heterocycles. The van der Waals surface area contributed by atoms with Gasteiger partial charge >= 0.3 is 0 Å². The average Bonchev–Trinajstić information content (AvgIpc) is 3.13. The van der Waals surface area contributed by atoms with Crippen molar-refractivity contribution in [1.82, 2.24) is 24.6 Å². The highest BCUT2D eigenvalue weighted by atomic mass is 35.5. The van der Waals surface area contributed by atoms with E-state index in [9.17, 15) is 4.79 Å². The number of fused-ring (bicyclic) bond motifs is 3. The van der Waals surface area contributed by atoms with Crippen molar-refractivity contribution in [2.45, 2.75) is 13.0 Å². The van der Waals surface area contributed by atoms with Gasteiger partial charge in [-0.1, -0.05) is 29.3 Å². The molecule has 1 aliphatic rings. The van der Waals surface area contributed by atoms with Crippen molar-refractivity contribution in [2.24, 2.45) is 7.05 Å². The van der Waals surface area contributed by atoms with Gasteiger partial charge in [-0.05, 0) is 6.07 Å². The lowest BCUT2D eigenvalue weighted by molar-refractivity contribution is 0.0722. The second kappa shape index (κ2) is 5.25. The van der Waals surface area contributed by atoms with Gasteiger partial charge in [-0.2, -0.15) is 0 Å². The van der Waals surface area contributed by atoms with Gasteiger partial charge in [0.2, 0.25) is 5.82 Å². The maximum atomic E-state index is 12.5. The number of rotatable bonds is 1. The number of H-pyrrole nitrogens is 1. The minimum Gasteiger partial charge on any atom is -0.357 e. The maximum Gasteiger partial charge on any atom is 0.293 e. The molecule has 0 fully saturated rings. The molecular weight excluding hydrogens is 337 g/mol. The molecule has 8 heteroatoms. The van der Waals surface area contributed by atoms with Crippen LogP contribution in [0.1, 0.15) is 21.9 Å². The van der Waals surface area contributed by atoms with Crippen LogP contribution in [0.15, 0.2) is 18.5 Å². The number of carbonyl (C=O) groups excluding carboxylic acids is 1. The van der Waals surface area contributed by atoms with Crippen LogP contribution in [0.5, 0.6) is 0 Å². The lowest BCUT2D eigenvalue weighted by Gasteiger charge is -2.26. The van der Waals surface area contributed by atoms with E-state index in [1.165, 1.54) is 11.0 Å². The van der Waals surface area contributed by atoms with E-state index in [2.05, 4.69) is 15.1 Å². The molecule has 1 N–H and O–H groups in total. The molecule has 118 valence electrons. The van der Waals surface area contributed by atoms with Gasteiger partial charge in [-0.3, -0.25) is 9.48 Å². The molecule has 2 aromatic heterocycles. The number of benzene rings is 1. The van der Waals surface area contributed by atoms with E-state index in [4.69, 9.17) is 23.2 Å². The molecule has 0 radical (unpaired) electrons. The van der Waals surface area contributed by atoms with Crippen molar-refractivity contribution in [3.05, 3.63) is 45.6 Å². The Morgan fingerprint density at radius 1 is 1.35 bits per heavy atom. The molecule has 1 aromatic carbocycles. The first-order valence-corrected chi connectivity index (χ1v) is 7.92. The first-order chi connectivity index (χ1) is 11.0. The van der Waals surface area contributed by atoms with Crippen molar-refractivity contribution in [1.29, 1.82) is 0 Å². The summed E-state index contributed by atoms with van der Waals surface area (Å²) in [7, 11) is 1.74. The van der Waals surface area contributed by atoms with Crippen LogP contribution in [0.3, 0.4) is 0 Å². The van der Waals surface area contributed by atoms with E-state index in [-0.39, 0.29) is 11.7 Å². The Hall–Kier alpha value is -2.05. The maximum absolute atomic E-state index is 12.5. The molecule has 3 aromatic rings. The van der Waals surface area contributed by atoms with E-state index >= 15 is 0 Å². The Kier molecular flexibility index (Phi) is 3.32. The Labute approximate surface area is 142 Å². The second-order valence-corrected chi connectivity index (χ2v) is 6.37. The number of hydrogen-bond acceptors (Lipinski definition) is 3. The smallest absolute Gasteiger partial charge is 0.293 e. The second-order valence-electron chi connectivity index (χ2n) is 5.58. The van der Waals surface area contributed by atoms with Crippen molar-refractivity contribution in [3.8, 4) is 0 Å². The summed E-state index contributed by atoms with van der Waals surface area (Å²) in [5.41, 5.74) is 3.01. The van der Waals surface area contributed by atoms with Crippen molar-refractivity contribution in [2.75, 3.05) is 6.54 Å². The number of hydrogen-bond donors (Lipinski definition) is 1. The summed E-state index contributed by atoms with van der Waals surface area (Å²) in [5, 5.41) is 6.12. The summed E-state index contributed by atoms with van der Waals surface area (Å²) in [6.07, 6.45) is 2.26. The molecule has 0 saturated carbocycles. The summed E-state index contributed by atoms with van der Waals surface area (Å²) in [6, 6.07) is 3.72. The Balaban J connectivity index is 1.71. The molecule has 23 heavy (non-hydrogen) atoms. The molecule has 0 atom stereocenters. The van der Waals surface area contributed by atoms with Gasteiger partial charge in [-0.25, -0.2) is 4.98 Å². The third-order valence-electron chi connectivity index (χ3n) is 4.12. The van der Waals surface area contributed by atoms with Crippen LogP contribution in [-0.4, -0.2) is 37.1 Å². The predicted molar refractivity (Wildman–Crippen MR) is 87.8 cm³/mol. The first kappa shape index (κ1) is 14.5. The fraction of sp³-hybridized carbons (Fsp3) is 0.267. The van der Waals surface area contributed by atoms with Gasteiger partial charge in [0.25, 0.3) is 5.91 Å². The Bertz CT molecular complexity index is 929. The number of amides is 1. The summed E-state index contributed by atoms with van der Waals surface area (Å²) < 4.78 is 1.52. The van der Waals surface area contributed by atoms with E-state index in [1.54, 1.807) is 18.0 Å². The minimum absolute atomic E-state index is 0.161. The molecule has 1 aliphatic heterocycles. The average molecular weight is 350 g/mol. The molecule has 0 unspecified atom stereocenters. The summed E-state index contributed by atoms with van der Waals surface area (Å²) in [4.78, 5) is 21.7. The lowest BCUT2D eigenvalue weighted by atomic mass is 10.0. The fourth-order valence-electron chi connectivity index (χ4n) is 2.98.